The Bertz CT molecular complexity index is 495. The van der Waals surface area contributed by atoms with E-state index >= 15 is 0 Å². The fraction of sp³-hybridized carbons (Fsp3) is 0.133. The molecule has 0 aliphatic carbocycles. The van der Waals surface area contributed by atoms with Gasteiger partial charge in [0.05, 0.1) is 0 Å². The molecule has 3 heteroatoms. The third kappa shape index (κ3) is 5.85. The lowest BCUT2D eigenvalue weighted by Gasteiger charge is -1.99. The first-order chi connectivity index (χ1) is 8.59. The van der Waals surface area contributed by atoms with E-state index in [1.54, 1.807) is 0 Å². The molecule has 2 rings (SSSR count). The summed E-state index contributed by atoms with van der Waals surface area (Å²) in [5.74, 6) is 0. The first-order valence-corrected chi connectivity index (χ1v) is 6.28. The smallest absolute Gasteiger partial charge is 0.226 e. The summed E-state index contributed by atoms with van der Waals surface area (Å²) in [6.45, 7) is 1.97. The van der Waals surface area contributed by atoms with Crippen molar-refractivity contribution < 1.29 is 4.79 Å². The van der Waals surface area contributed by atoms with Gasteiger partial charge in [0.2, 0.25) is 5.24 Å². The van der Waals surface area contributed by atoms with E-state index in [2.05, 4.69) is 0 Å². The Hall–Kier alpha value is -1.31. The fourth-order valence-corrected chi connectivity index (χ4v) is 1.66. The third-order valence-corrected chi connectivity index (χ3v) is 2.71. The number of hydrogen-bond acceptors (Lipinski definition) is 1. The van der Waals surface area contributed by atoms with Gasteiger partial charge in [-0.25, -0.2) is 0 Å². The molecule has 0 saturated heterocycles. The standard InChI is InChI=1S/C9H9ClO.C6H5Cl/c1-7-4-2-3-5-8(7)6-9(10)11;7-6-4-2-1-3-5-6/h2-5H,6H2,1H3;1-5H. The van der Waals surface area contributed by atoms with Crippen molar-refractivity contribution in [1.29, 1.82) is 0 Å². The van der Waals surface area contributed by atoms with Crippen LogP contribution in [-0.2, 0) is 11.2 Å². The lowest BCUT2D eigenvalue weighted by molar-refractivity contribution is -0.111. The first-order valence-electron chi connectivity index (χ1n) is 5.53. The SMILES string of the molecule is Cc1ccccc1CC(=O)Cl.Clc1ccccc1. The van der Waals surface area contributed by atoms with Gasteiger partial charge in [0.25, 0.3) is 0 Å². The van der Waals surface area contributed by atoms with E-state index in [9.17, 15) is 4.79 Å². The maximum Gasteiger partial charge on any atom is 0.226 e. The summed E-state index contributed by atoms with van der Waals surface area (Å²) >= 11 is 10.8. The summed E-state index contributed by atoms with van der Waals surface area (Å²) in [4.78, 5) is 10.5. The fourth-order valence-electron chi connectivity index (χ4n) is 1.37. The van der Waals surface area contributed by atoms with Crippen molar-refractivity contribution in [3.8, 4) is 0 Å². The van der Waals surface area contributed by atoms with Crippen LogP contribution in [0.5, 0.6) is 0 Å². The van der Waals surface area contributed by atoms with Gasteiger partial charge in [-0.2, -0.15) is 0 Å². The number of aryl methyl sites for hydroxylation is 1. The second kappa shape index (κ2) is 7.91. The van der Waals surface area contributed by atoms with Crippen LogP contribution in [0.2, 0.25) is 5.02 Å². The van der Waals surface area contributed by atoms with Crippen LogP contribution in [0.1, 0.15) is 11.1 Å². The number of benzene rings is 2. The minimum Gasteiger partial charge on any atom is -0.281 e. The average molecular weight is 281 g/mol. The molecule has 0 fully saturated rings. The van der Waals surface area contributed by atoms with Gasteiger partial charge in [0.15, 0.2) is 0 Å². The van der Waals surface area contributed by atoms with Crippen molar-refractivity contribution >= 4 is 28.4 Å². The van der Waals surface area contributed by atoms with Gasteiger partial charge in [-0.3, -0.25) is 4.79 Å². The lowest BCUT2D eigenvalue weighted by Crippen LogP contribution is -1.95. The van der Waals surface area contributed by atoms with Crippen LogP contribution in [0.3, 0.4) is 0 Å². The van der Waals surface area contributed by atoms with Gasteiger partial charge in [-0.15, -0.1) is 0 Å². The van der Waals surface area contributed by atoms with Crippen molar-refractivity contribution in [1.82, 2.24) is 0 Å². The molecule has 0 radical (unpaired) electrons. The molecule has 0 N–H and O–H groups in total. The van der Waals surface area contributed by atoms with E-state index in [1.807, 2.05) is 61.5 Å². The van der Waals surface area contributed by atoms with Crippen molar-refractivity contribution in [2.75, 3.05) is 0 Å². The predicted molar refractivity (Wildman–Crippen MR) is 77.2 cm³/mol. The second-order valence-corrected chi connectivity index (χ2v) is 4.61. The van der Waals surface area contributed by atoms with Gasteiger partial charge in [-0.05, 0) is 41.8 Å². The molecule has 0 amide bonds. The Labute approximate surface area is 117 Å². The van der Waals surface area contributed by atoms with E-state index in [1.165, 1.54) is 0 Å². The topological polar surface area (TPSA) is 17.1 Å². The normalized spacial score (nSPS) is 9.28. The van der Waals surface area contributed by atoms with Crippen LogP contribution >= 0.6 is 23.2 Å². The predicted octanol–water partition coefficient (Wildman–Crippen LogP) is 4.64. The van der Waals surface area contributed by atoms with Crippen LogP contribution in [0.4, 0.5) is 0 Å². The zero-order valence-corrected chi connectivity index (χ0v) is 11.6. The number of carbonyl (C=O) groups excluding carboxylic acids is 1. The molecule has 0 saturated carbocycles. The number of rotatable bonds is 2. The van der Waals surface area contributed by atoms with Gasteiger partial charge in [0.1, 0.15) is 0 Å². The molecule has 1 nitrogen and oxygen atoms in total. The molecule has 0 aliphatic heterocycles. The Balaban J connectivity index is 0.000000199. The Morgan fingerprint density at radius 2 is 1.56 bits per heavy atom. The molecule has 18 heavy (non-hydrogen) atoms. The molecule has 0 aromatic heterocycles. The van der Waals surface area contributed by atoms with Gasteiger partial charge < -0.3 is 0 Å². The summed E-state index contributed by atoms with van der Waals surface area (Å²) < 4.78 is 0. The average Bonchev–Trinajstić information content (AvgIpc) is 2.33. The number of carbonyl (C=O) groups is 1. The van der Waals surface area contributed by atoms with Gasteiger partial charge in [0, 0.05) is 11.4 Å². The highest BCUT2D eigenvalue weighted by Gasteiger charge is 2.00. The van der Waals surface area contributed by atoms with Crippen molar-refractivity contribution in [3.05, 3.63) is 70.7 Å². The minimum atomic E-state index is -0.306. The zero-order valence-electron chi connectivity index (χ0n) is 10.1. The number of hydrogen-bond donors (Lipinski definition) is 0. The van der Waals surface area contributed by atoms with E-state index in [0.29, 0.717) is 6.42 Å². The Kier molecular flexibility index (Phi) is 6.48. The van der Waals surface area contributed by atoms with Crippen LogP contribution in [-0.4, -0.2) is 5.24 Å². The van der Waals surface area contributed by atoms with Crippen LogP contribution in [0.15, 0.2) is 54.6 Å². The van der Waals surface area contributed by atoms with E-state index in [-0.39, 0.29) is 5.24 Å². The largest absolute Gasteiger partial charge is 0.281 e. The molecule has 0 heterocycles. The Morgan fingerprint density at radius 3 is 2.00 bits per heavy atom. The molecule has 94 valence electrons. The Morgan fingerprint density at radius 1 is 1.00 bits per heavy atom. The third-order valence-electron chi connectivity index (χ3n) is 2.32. The molecule has 0 spiro atoms. The summed E-state index contributed by atoms with van der Waals surface area (Å²) in [6.07, 6.45) is 0.328. The van der Waals surface area contributed by atoms with Gasteiger partial charge in [-0.1, -0.05) is 54.1 Å². The highest BCUT2D eigenvalue weighted by atomic mass is 35.5. The number of halogens is 2. The van der Waals surface area contributed by atoms with Crippen LogP contribution in [0.25, 0.3) is 0 Å². The highest BCUT2D eigenvalue weighted by molar-refractivity contribution is 6.63. The molecular weight excluding hydrogens is 267 g/mol. The zero-order chi connectivity index (χ0) is 13.4. The van der Waals surface area contributed by atoms with E-state index in [0.717, 1.165) is 16.1 Å². The van der Waals surface area contributed by atoms with Crippen LogP contribution in [0, 0.1) is 6.92 Å². The van der Waals surface area contributed by atoms with Crippen LogP contribution < -0.4 is 0 Å². The molecule has 0 bridgehead atoms. The minimum absolute atomic E-state index is 0.306. The monoisotopic (exact) mass is 280 g/mol. The van der Waals surface area contributed by atoms with Crippen molar-refractivity contribution in [2.45, 2.75) is 13.3 Å². The molecule has 0 unspecified atom stereocenters. The lowest BCUT2D eigenvalue weighted by atomic mass is 10.1. The molecule has 0 aliphatic rings. The summed E-state index contributed by atoms with van der Waals surface area (Å²) in [5.41, 5.74) is 2.12. The summed E-state index contributed by atoms with van der Waals surface area (Å²) in [6, 6.07) is 17.2. The first kappa shape index (κ1) is 14.7. The summed E-state index contributed by atoms with van der Waals surface area (Å²) in [7, 11) is 0. The molecule has 2 aromatic carbocycles. The van der Waals surface area contributed by atoms with Crippen molar-refractivity contribution in [3.63, 3.8) is 0 Å². The van der Waals surface area contributed by atoms with Crippen molar-refractivity contribution in [2.24, 2.45) is 0 Å². The molecule has 2 aromatic rings. The van der Waals surface area contributed by atoms with E-state index in [4.69, 9.17) is 23.2 Å². The quantitative estimate of drug-likeness (QED) is 0.733. The van der Waals surface area contributed by atoms with E-state index < -0.39 is 0 Å². The highest BCUT2D eigenvalue weighted by Crippen LogP contribution is 2.08. The maximum absolute atomic E-state index is 10.5. The molecular formula is C15H14Cl2O. The van der Waals surface area contributed by atoms with Gasteiger partial charge >= 0.3 is 0 Å². The summed E-state index contributed by atoms with van der Waals surface area (Å²) in [5, 5.41) is 0.488. The molecule has 0 atom stereocenters. The second-order valence-electron chi connectivity index (χ2n) is 3.75. The maximum atomic E-state index is 10.5.